The summed E-state index contributed by atoms with van der Waals surface area (Å²) in [6, 6.07) is 16.0. The van der Waals surface area contributed by atoms with Crippen molar-refractivity contribution in [2.75, 3.05) is 7.11 Å². The lowest BCUT2D eigenvalue weighted by Gasteiger charge is -2.45. The molecule has 0 bridgehead atoms. The Morgan fingerprint density at radius 1 is 1.05 bits per heavy atom. The van der Waals surface area contributed by atoms with E-state index in [0.29, 0.717) is 16.8 Å². The maximum Gasteiger partial charge on any atom is 0.273 e. The van der Waals surface area contributed by atoms with Crippen molar-refractivity contribution >= 4 is 22.7 Å². The molecule has 1 saturated carbocycles. The highest BCUT2D eigenvalue weighted by atomic mass is 19.1. The number of hydrogen-bond acceptors (Lipinski definition) is 3. The van der Waals surface area contributed by atoms with Crippen molar-refractivity contribution in [2.45, 2.75) is 70.1 Å². The number of hydrogen-bond donors (Lipinski definition) is 1. The molecule has 7 nitrogen and oxygen atoms in total. The summed E-state index contributed by atoms with van der Waals surface area (Å²) in [7, 11) is 1.61. The molecule has 2 aromatic carbocycles. The van der Waals surface area contributed by atoms with Crippen LogP contribution in [0, 0.1) is 5.82 Å². The van der Waals surface area contributed by atoms with Gasteiger partial charge in [0.1, 0.15) is 22.8 Å². The van der Waals surface area contributed by atoms with Gasteiger partial charge in [-0.3, -0.25) is 9.59 Å². The Bertz CT molecular complexity index is 1530. The lowest BCUT2D eigenvalue weighted by Crippen LogP contribution is -2.64. The van der Waals surface area contributed by atoms with Gasteiger partial charge in [-0.05, 0) is 67.8 Å². The minimum Gasteiger partial charge on any atom is -0.497 e. The van der Waals surface area contributed by atoms with Gasteiger partial charge in [0.15, 0.2) is 0 Å². The number of aromatic nitrogens is 2. The van der Waals surface area contributed by atoms with Crippen molar-refractivity contribution in [1.82, 2.24) is 19.4 Å². The van der Waals surface area contributed by atoms with Crippen LogP contribution in [-0.2, 0) is 17.9 Å². The van der Waals surface area contributed by atoms with E-state index in [1.165, 1.54) is 25.0 Å². The molecule has 1 N–H and O–H groups in total. The summed E-state index contributed by atoms with van der Waals surface area (Å²) in [6.07, 6.45) is 10.2. The second kappa shape index (κ2) is 10.5. The topological polar surface area (TPSA) is 68.5 Å². The van der Waals surface area contributed by atoms with E-state index in [-0.39, 0.29) is 36.8 Å². The molecule has 3 heterocycles. The molecular formula is C32H35FN4O3. The van der Waals surface area contributed by atoms with Crippen molar-refractivity contribution in [3.63, 3.8) is 0 Å². The van der Waals surface area contributed by atoms with Crippen LogP contribution in [0.1, 0.15) is 61.5 Å². The number of fused-ring (bicyclic) bond motifs is 3. The number of amides is 2. The highest BCUT2D eigenvalue weighted by molar-refractivity contribution is 6.09. The van der Waals surface area contributed by atoms with Crippen molar-refractivity contribution in [2.24, 2.45) is 0 Å². The van der Waals surface area contributed by atoms with Crippen LogP contribution >= 0.6 is 0 Å². The van der Waals surface area contributed by atoms with Crippen LogP contribution < -0.4 is 10.1 Å². The van der Waals surface area contributed by atoms with Crippen LogP contribution in [-0.4, -0.2) is 44.5 Å². The van der Waals surface area contributed by atoms with Crippen LogP contribution in [0.15, 0.2) is 67.0 Å². The summed E-state index contributed by atoms with van der Waals surface area (Å²) in [5.41, 5.74) is 1.53. The number of rotatable bonds is 6. The Labute approximate surface area is 233 Å². The number of nitrogens with one attached hydrogen (secondary N) is 1. The van der Waals surface area contributed by atoms with Gasteiger partial charge >= 0.3 is 0 Å². The zero-order valence-electron chi connectivity index (χ0n) is 23.0. The number of nitrogens with zero attached hydrogens (tertiary/aromatic N) is 3. The van der Waals surface area contributed by atoms with E-state index < -0.39 is 5.54 Å². The van der Waals surface area contributed by atoms with Gasteiger partial charge in [-0.1, -0.05) is 37.8 Å². The standard InChI is InChI=1S/C32H35FN4O3/c1-32(31(39)34-24-9-5-3-4-6-10-24)21-36-27-16-13-23(33)19-26(27)28(35-17-7-8-18-35)29(36)30(38)37(32)20-22-11-14-25(40-2)15-12-22/h7-8,11-19,24H,3-6,9-10,20-21H2,1-2H3,(H,34,39)/t32-/m0/s1. The summed E-state index contributed by atoms with van der Waals surface area (Å²) in [4.78, 5) is 30.4. The van der Waals surface area contributed by atoms with Crippen LogP contribution in [0.25, 0.3) is 16.6 Å². The summed E-state index contributed by atoms with van der Waals surface area (Å²) in [6.45, 7) is 2.36. The molecule has 8 heteroatoms. The smallest absolute Gasteiger partial charge is 0.273 e. The number of carbonyl (C=O) groups excluding carboxylic acids is 2. The van der Waals surface area contributed by atoms with Gasteiger partial charge in [0.2, 0.25) is 5.91 Å². The van der Waals surface area contributed by atoms with Gasteiger partial charge in [0.05, 0.1) is 24.9 Å². The van der Waals surface area contributed by atoms with E-state index in [1.807, 2.05) is 64.8 Å². The fourth-order valence-corrected chi connectivity index (χ4v) is 6.30. The molecule has 208 valence electrons. The maximum absolute atomic E-state index is 14.6. The highest BCUT2D eigenvalue weighted by Crippen LogP contribution is 2.39. The molecule has 0 unspecified atom stereocenters. The largest absolute Gasteiger partial charge is 0.497 e. The molecule has 40 heavy (non-hydrogen) atoms. The molecule has 2 aliphatic rings. The third-order valence-electron chi connectivity index (χ3n) is 8.55. The Morgan fingerprint density at radius 2 is 1.75 bits per heavy atom. The van der Waals surface area contributed by atoms with Crippen LogP contribution in [0.3, 0.4) is 0 Å². The van der Waals surface area contributed by atoms with Gasteiger partial charge in [0.25, 0.3) is 5.91 Å². The first-order chi connectivity index (χ1) is 19.4. The lowest BCUT2D eigenvalue weighted by atomic mass is 9.92. The molecule has 0 radical (unpaired) electrons. The van der Waals surface area contributed by atoms with E-state index in [1.54, 1.807) is 18.1 Å². The highest BCUT2D eigenvalue weighted by Gasteiger charge is 2.49. The second-order valence-electron chi connectivity index (χ2n) is 11.2. The van der Waals surface area contributed by atoms with E-state index in [4.69, 9.17) is 4.74 Å². The van der Waals surface area contributed by atoms with Gasteiger partial charge < -0.3 is 24.1 Å². The number of carbonyl (C=O) groups is 2. The Kier molecular flexibility index (Phi) is 6.86. The van der Waals surface area contributed by atoms with E-state index in [2.05, 4.69) is 5.32 Å². The lowest BCUT2D eigenvalue weighted by molar-refractivity contribution is -0.134. The first kappa shape index (κ1) is 26.2. The zero-order valence-corrected chi connectivity index (χ0v) is 23.0. The molecule has 4 aromatic rings. The number of ether oxygens (including phenoxy) is 1. The van der Waals surface area contributed by atoms with Crippen molar-refractivity contribution in [3.8, 4) is 11.4 Å². The predicted octanol–water partition coefficient (Wildman–Crippen LogP) is 5.83. The number of benzene rings is 2. The fraction of sp³-hybridized carbons (Fsp3) is 0.375. The maximum atomic E-state index is 14.6. The minimum atomic E-state index is -1.16. The molecule has 0 spiro atoms. The van der Waals surface area contributed by atoms with Gasteiger partial charge in [-0.25, -0.2) is 4.39 Å². The number of halogens is 1. The first-order valence-electron chi connectivity index (χ1n) is 14.1. The zero-order chi connectivity index (χ0) is 27.9. The average Bonchev–Trinajstić information content (AvgIpc) is 3.50. The molecule has 1 atom stereocenters. The van der Waals surface area contributed by atoms with Gasteiger partial charge in [0, 0.05) is 30.4 Å². The van der Waals surface area contributed by atoms with Crippen LogP contribution in [0.4, 0.5) is 4.39 Å². The number of methoxy groups -OCH3 is 1. The minimum absolute atomic E-state index is 0.0945. The Hall–Kier alpha value is -4.07. The summed E-state index contributed by atoms with van der Waals surface area (Å²) in [5.74, 6) is -0.0702. The van der Waals surface area contributed by atoms with Crippen molar-refractivity contribution < 1.29 is 18.7 Å². The summed E-state index contributed by atoms with van der Waals surface area (Å²) in [5, 5.41) is 3.95. The monoisotopic (exact) mass is 542 g/mol. The third kappa shape index (κ3) is 4.55. The van der Waals surface area contributed by atoms with E-state index in [0.717, 1.165) is 42.5 Å². The van der Waals surface area contributed by atoms with E-state index >= 15 is 0 Å². The van der Waals surface area contributed by atoms with Crippen LogP contribution in [0.5, 0.6) is 5.75 Å². The SMILES string of the molecule is COc1ccc(CN2C(=O)c3c(-n4cccc4)c4cc(F)ccc4n3C[C@@]2(C)C(=O)NC2CCCCCC2)cc1. The molecule has 2 aromatic heterocycles. The Morgan fingerprint density at radius 3 is 2.42 bits per heavy atom. The average molecular weight is 543 g/mol. The molecule has 2 amide bonds. The molecule has 1 fully saturated rings. The Balaban J connectivity index is 1.48. The summed E-state index contributed by atoms with van der Waals surface area (Å²) < 4.78 is 23.6. The molecule has 1 aliphatic carbocycles. The predicted molar refractivity (Wildman–Crippen MR) is 152 cm³/mol. The fourth-order valence-electron chi connectivity index (χ4n) is 6.30. The van der Waals surface area contributed by atoms with Crippen LogP contribution in [0.2, 0.25) is 0 Å². The second-order valence-corrected chi connectivity index (χ2v) is 11.2. The third-order valence-corrected chi connectivity index (χ3v) is 8.55. The molecule has 6 rings (SSSR count). The molecule has 0 saturated heterocycles. The van der Waals surface area contributed by atoms with Crippen molar-refractivity contribution in [1.29, 1.82) is 0 Å². The molecule has 1 aliphatic heterocycles. The van der Waals surface area contributed by atoms with Gasteiger partial charge in [-0.2, -0.15) is 0 Å². The quantitative estimate of drug-likeness (QED) is 0.312. The van der Waals surface area contributed by atoms with Crippen molar-refractivity contribution in [3.05, 3.63) is 84.1 Å². The summed E-state index contributed by atoms with van der Waals surface area (Å²) >= 11 is 0. The van der Waals surface area contributed by atoms with E-state index in [9.17, 15) is 14.0 Å². The van der Waals surface area contributed by atoms with Gasteiger partial charge in [-0.15, -0.1) is 0 Å². The normalized spacial score (nSPS) is 19.9. The molecular weight excluding hydrogens is 507 g/mol. The first-order valence-corrected chi connectivity index (χ1v) is 14.1.